The minimum atomic E-state index is 0.493. The third kappa shape index (κ3) is 2.00. The van der Waals surface area contributed by atoms with Gasteiger partial charge in [0.25, 0.3) is 0 Å². The van der Waals surface area contributed by atoms with Crippen LogP contribution in [-0.4, -0.2) is 9.97 Å². The first-order chi connectivity index (χ1) is 9.61. The van der Waals surface area contributed by atoms with Gasteiger partial charge in [-0.15, -0.1) is 0 Å². The number of hydrogen-bond donors (Lipinski definition) is 1. The first-order valence-electron chi connectivity index (χ1n) is 7.51. The smallest absolute Gasteiger partial charge is 0.0551 e. The van der Waals surface area contributed by atoms with Crippen LogP contribution in [0, 0.1) is 0 Å². The van der Waals surface area contributed by atoms with Crippen molar-refractivity contribution in [2.75, 3.05) is 0 Å². The van der Waals surface area contributed by atoms with Gasteiger partial charge in [0.05, 0.1) is 5.52 Å². The largest absolute Gasteiger partial charge is 0.358 e. The number of fused-ring (bicyclic) bond motifs is 3. The fourth-order valence-corrected chi connectivity index (χ4v) is 2.84. The maximum Gasteiger partial charge on any atom is 0.0551 e. The predicted molar refractivity (Wildman–Crippen MR) is 86.4 cm³/mol. The van der Waals surface area contributed by atoms with Crippen LogP contribution in [0.25, 0.3) is 21.7 Å². The third-order valence-electron chi connectivity index (χ3n) is 4.35. The van der Waals surface area contributed by atoms with Gasteiger partial charge in [0.15, 0.2) is 0 Å². The van der Waals surface area contributed by atoms with E-state index in [2.05, 4.69) is 55.9 Å². The summed E-state index contributed by atoms with van der Waals surface area (Å²) in [5.41, 5.74) is 3.88. The third-order valence-corrected chi connectivity index (χ3v) is 4.35. The summed E-state index contributed by atoms with van der Waals surface area (Å²) in [7, 11) is 0. The fraction of sp³-hybridized carbons (Fsp3) is 0.389. The summed E-state index contributed by atoms with van der Waals surface area (Å²) in [6, 6.07) is 6.75. The SMILES string of the molecule is CCC(C)c1cc2ccc3c(C(C)C)cncc3c2[nH]1. The van der Waals surface area contributed by atoms with Crippen molar-refractivity contribution in [2.45, 2.75) is 46.0 Å². The molecule has 104 valence electrons. The highest BCUT2D eigenvalue weighted by molar-refractivity contribution is 6.06. The number of H-pyrrole nitrogens is 1. The van der Waals surface area contributed by atoms with Crippen molar-refractivity contribution >= 4 is 21.7 Å². The number of hydrogen-bond acceptors (Lipinski definition) is 1. The summed E-state index contributed by atoms with van der Waals surface area (Å²) in [6.45, 7) is 8.94. The van der Waals surface area contributed by atoms with Crippen LogP contribution in [0.4, 0.5) is 0 Å². The van der Waals surface area contributed by atoms with Gasteiger partial charge in [0.2, 0.25) is 0 Å². The van der Waals surface area contributed by atoms with Crippen LogP contribution in [0.5, 0.6) is 0 Å². The molecule has 0 saturated carbocycles. The lowest BCUT2D eigenvalue weighted by Gasteiger charge is -2.09. The summed E-state index contributed by atoms with van der Waals surface area (Å²) < 4.78 is 0. The second kappa shape index (κ2) is 4.93. The molecular formula is C18H22N2. The maximum absolute atomic E-state index is 4.44. The van der Waals surface area contributed by atoms with Crippen molar-refractivity contribution in [3.63, 3.8) is 0 Å². The van der Waals surface area contributed by atoms with Crippen molar-refractivity contribution in [2.24, 2.45) is 0 Å². The van der Waals surface area contributed by atoms with Crippen molar-refractivity contribution in [3.8, 4) is 0 Å². The van der Waals surface area contributed by atoms with Gasteiger partial charge < -0.3 is 4.98 Å². The van der Waals surface area contributed by atoms with Crippen molar-refractivity contribution in [1.82, 2.24) is 9.97 Å². The average molecular weight is 266 g/mol. The molecule has 0 amide bonds. The number of nitrogens with zero attached hydrogens (tertiary/aromatic N) is 1. The Balaban J connectivity index is 2.30. The molecule has 0 aliphatic heterocycles. The van der Waals surface area contributed by atoms with Crippen LogP contribution in [0.15, 0.2) is 30.6 Å². The number of nitrogens with one attached hydrogen (secondary N) is 1. The van der Waals surface area contributed by atoms with Crippen molar-refractivity contribution in [1.29, 1.82) is 0 Å². The zero-order chi connectivity index (χ0) is 14.3. The molecule has 1 aromatic carbocycles. The topological polar surface area (TPSA) is 28.7 Å². The van der Waals surface area contributed by atoms with E-state index in [4.69, 9.17) is 0 Å². The molecule has 0 aliphatic carbocycles. The summed E-state index contributed by atoms with van der Waals surface area (Å²) in [6.07, 6.45) is 5.14. The summed E-state index contributed by atoms with van der Waals surface area (Å²) in [5.74, 6) is 1.06. The molecule has 1 N–H and O–H groups in total. The maximum atomic E-state index is 4.44. The highest BCUT2D eigenvalue weighted by atomic mass is 14.7. The molecule has 2 aromatic heterocycles. The monoisotopic (exact) mass is 266 g/mol. The zero-order valence-electron chi connectivity index (χ0n) is 12.7. The molecule has 2 nitrogen and oxygen atoms in total. The second-order valence-electron chi connectivity index (χ2n) is 6.04. The molecule has 3 aromatic rings. The normalized spacial score (nSPS) is 13.4. The Kier molecular flexibility index (Phi) is 3.25. The molecular weight excluding hydrogens is 244 g/mol. The molecule has 1 unspecified atom stereocenters. The molecule has 0 aliphatic rings. The van der Waals surface area contributed by atoms with Gasteiger partial charge in [-0.3, -0.25) is 4.98 Å². The number of aromatic nitrogens is 2. The Morgan fingerprint density at radius 3 is 2.60 bits per heavy atom. The fourth-order valence-electron chi connectivity index (χ4n) is 2.84. The standard InChI is InChI=1S/C18H22N2/c1-5-12(4)17-8-13-6-7-14-15(11(2)3)9-19-10-16(14)18(13)20-17/h6-12,20H,5H2,1-4H3. The van der Waals surface area contributed by atoms with Gasteiger partial charge in [-0.1, -0.05) is 39.8 Å². The molecule has 20 heavy (non-hydrogen) atoms. The van der Waals surface area contributed by atoms with Gasteiger partial charge in [-0.05, 0) is 35.3 Å². The molecule has 0 spiro atoms. The number of aromatic amines is 1. The lowest BCUT2D eigenvalue weighted by atomic mass is 9.98. The Labute approximate surface area is 120 Å². The Morgan fingerprint density at radius 2 is 1.90 bits per heavy atom. The lowest BCUT2D eigenvalue weighted by molar-refractivity contribution is 0.715. The quantitative estimate of drug-likeness (QED) is 0.680. The van der Waals surface area contributed by atoms with Crippen molar-refractivity contribution < 1.29 is 0 Å². The lowest BCUT2D eigenvalue weighted by Crippen LogP contribution is -1.92. The van der Waals surface area contributed by atoms with E-state index in [9.17, 15) is 0 Å². The number of benzene rings is 1. The van der Waals surface area contributed by atoms with Crippen LogP contribution >= 0.6 is 0 Å². The van der Waals surface area contributed by atoms with E-state index in [-0.39, 0.29) is 0 Å². The zero-order valence-corrected chi connectivity index (χ0v) is 12.7. The average Bonchev–Trinajstić information content (AvgIpc) is 2.90. The van der Waals surface area contributed by atoms with E-state index in [0.29, 0.717) is 11.8 Å². The van der Waals surface area contributed by atoms with Gasteiger partial charge in [0.1, 0.15) is 0 Å². The number of rotatable bonds is 3. The predicted octanol–water partition coefficient (Wildman–Crippen LogP) is 5.35. The highest BCUT2D eigenvalue weighted by Crippen LogP contribution is 2.32. The Morgan fingerprint density at radius 1 is 1.10 bits per heavy atom. The van der Waals surface area contributed by atoms with Gasteiger partial charge in [-0.25, -0.2) is 0 Å². The van der Waals surface area contributed by atoms with E-state index in [1.165, 1.54) is 32.9 Å². The highest BCUT2D eigenvalue weighted by Gasteiger charge is 2.12. The van der Waals surface area contributed by atoms with E-state index >= 15 is 0 Å². The Hall–Kier alpha value is -1.83. The summed E-state index contributed by atoms with van der Waals surface area (Å²) >= 11 is 0. The molecule has 0 fully saturated rings. The Bertz CT molecular complexity index is 753. The van der Waals surface area contributed by atoms with Crippen LogP contribution < -0.4 is 0 Å². The first kappa shape index (κ1) is 13.2. The van der Waals surface area contributed by atoms with Gasteiger partial charge >= 0.3 is 0 Å². The first-order valence-corrected chi connectivity index (χ1v) is 7.51. The minimum absolute atomic E-state index is 0.493. The summed E-state index contributed by atoms with van der Waals surface area (Å²) in [5, 5.41) is 3.85. The second-order valence-corrected chi connectivity index (χ2v) is 6.04. The molecule has 0 radical (unpaired) electrons. The minimum Gasteiger partial charge on any atom is -0.358 e. The van der Waals surface area contributed by atoms with Crippen molar-refractivity contribution in [3.05, 3.63) is 41.9 Å². The van der Waals surface area contributed by atoms with E-state index in [1.807, 2.05) is 12.4 Å². The van der Waals surface area contributed by atoms with Crippen LogP contribution in [0.2, 0.25) is 0 Å². The van der Waals surface area contributed by atoms with Crippen LogP contribution in [-0.2, 0) is 0 Å². The molecule has 2 heterocycles. The van der Waals surface area contributed by atoms with E-state index in [0.717, 1.165) is 6.42 Å². The molecule has 1 atom stereocenters. The van der Waals surface area contributed by atoms with Gasteiger partial charge in [-0.2, -0.15) is 0 Å². The molecule has 3 rings (SSSR count). The van der Waals surface area contributed by atoms with Crippen LogP contribution in [0.3, 0.4) is 0 Å². The summed E-state index contributed by atoms with van der Waals surface area (Å²) in [4.78, 5) is 8.05. The van der Waals surface area contributed by atoms with E-state index < -0.39 is 0 Å². The molecule has 0 saturated heterocycles. The molecule has 2 heteroatoms. The van der Waals surface area contributed by atoms with E-state index in [1.54, 1.807) is 0 Å². The molecule has 0 bridgehead atoms. The number of pyridine rings is 1. The van der Waals surface area contributed by atoms with Crippen LogP contribution in [0.1, 0.15) is 57.2 Å². The van der Waals surface area contributed by atoms with Gasteiger partial charge in [0, 0.05) is 28.9 Å².